The molecule has 0 radical (unpaired) electrons. The summed E-state index contributed by atoms with van der Waals surface area (Å²) in [5.74, 6) is -0.486. The van der Waals surface area contributed by atoms with Gasteiger partial charge in [-0.05, 0) is 45.3 Å². The molecular formula is C14H19N3O. The van der Waals surface area contributed by atoms with Crippen LogP contribution in [-0.4, -0.2) is 15.7 Å². The van der Waals surface area contributed by atoms with Gasteiger partial charge in [-0.25, -0.2) is 0 Å². The maximum atomic E-state index is 11.3. The lowest BCUT2D eigenvalue weighted by Crippen LogP contribution is -2.26. The molecule has 1 aromatic heterocycles. The average Bonchev–Trinajstić information content (AvgIpc) is 2.74. The van der Waals surface area contributed by atoms with Gasteiger partial charge in [-0.15, -0.1) is 0 Å². The Morgan fingerprint density at radius 3 is 2.61 bits per heavy atom. The molecule has 0 bridgehead atoms. The highest BCUT2D eigenvalue weighted by Crippen LogP contribution is 2.26. The largest absolute Gasteiger partial charge is 0.364 e. The normalized spacial score (nSPS) is 15.6. The number of primary amides is 1. The molecule has 0 saturated carbocycles. The summed E-state index contributed by atoms with van der Waals surface area (Å²) in [5.41, 5.74) is 7.51. The van der Waals surface area contributed by atoms with Crippen molar-refractivity contribution in [2.24, 2.45) is 5.73 Å². The number of rotatable bonds is 2. The lowest BCUT2D eigenvalue weighted by Gasteiger charge is -2.23. The summed E-state index contributed by atoms with van der Waals surface area (Å²) in [6, 6.07) is 1.77. The number of nitrogens with zero attached hydrogens (tertiary/aromatic N) is 2. The van der Waals surface area contributed by atoms with E-state index in [1.54, 1.807) is 6.07 Å². The van der Waals surface area contributed by atoms with Crippen molar-refractivity contribution in [3.63, 3.8) is 0 Å². The molecule has 2 N–H and O–H groups in total. The molecule has 4 heteroatoms. The SMILES string of the molecule is CC(C)(C)n1nc(C(N)=O)cc1C1=CCCC=C1. The van der Waals surface area contributed by atoms with E-state index < -0.39 is 5.91 Å². The third kappa shape index (κ3) is 2.37. The van der Waals surface area contributed by atoms with Crippen LogP contribution >= 0.6 is 0 Å². The van der Waals surface area contributed by atoms with E-state index in [0.717, 1.165) is 24.1 Å². The first kappa shape index (κ1) is 12.6. The molecule has 1 aromatic rings. The van der Waals surface area contributed by atoms with Crippen molar-refractivity contribution in [1.82, 2.24) is 9.78 Å². The molecule has 1 amide bonds. The number of aromatic nitrogens is 2. The zero-order valence-electron chi connectivity index (χ0n) is 11.1. The number of amides is 1. The lowest BCUT2D eigenvalue weighted by atomic mass is 10.0. The van der Waals surface area contributed by atoms with Crippen molar-refractivity contribution in [2.75, 3.05) is 0 Å². The highest BCUT2D eigenvalue weighted by atomic mass is 16.1. The van der Waals surface area contributed by atoms with E-state index >= 15 is 0 Å². The van der Waals surface area contributed by atoms with Gasteiger partial charge in [-0.3, -0.25) is 9.48 Å². The van der Waals surface area contributed by atoms with Crippen molar-refractivity contribution in [3.8, 4) is 0 Å². The van der Waals surface area contributed by atoms with Crippen LogP contribution in [-0.2, 0) is 5.54 Å². The molecule has 2 rings (SSSR count). The molecule has 0 fully saturated rings. The van der Waals surface area contributed by atoms with Crippen LogP contribution in [0, 0.1) is 0 Å². The quantitative estimate of drug-likeness (QED) is 0.870. The zero-order valence-corrected chi connectivity index (χ0v) is 11.1. The highest BCUT2D eigenvalue weighted by Gasteiger charge is 2.22. The number of hydrogen-bond acceptors (Lipinski definition) is 2. The Bertz CT molecular complexity index is 530. The molecule has 0 unspecified atom stereocenters. The van der Waals surface area contributed by atoms with Crippen LogP contribution in [0.3, 0.4) is 0 Å². The number of allylic oxidation sites excluding steroid dienone is 4. The van der Waals surface area contributed by atoms with E-state index in [2.05, 4.69) is 44.1 Å². The Balaban J connectivity index is 2.54. The Hall–Kier alpha value is -1.84. The Morgan fingerprint density at radius 2 is 2.11 bits per heavy atom. The van der Waals surface area contributed by atoms with Crippen molar-refractivity contribution in [1.29, 1.82) is 0 Å². The summed E-state index contributed by atoms with van der Waals surface area (Å²) in [6.45, 7) is 6.17. The van der Waals surface area contributed by atoms with Gasteiger partial charge in [0.1, 0.15) is 0 Å². The minimum Gasteiger partial charge on any atom is -0.364 e. The summed E-state index contributed by atoms with van der Waals surface area (Å²) in [4.78, 5) is 11.3. The maximum absolute atomic E-state index is 11.3. The lowest BCUT2D eigenvalue weighted by molar-refractivity contribution is 0.0994. The molecule has 4 nitrogen and oxygen atoms in total. The van der Waals surface area contributed by atoms with E-state index in [9.17, 15) is 4.79 Å². The van der Waals surface area contributed by atoms with Crippen molar-refractivity contribution in [3.05, 3.63) is 35.7 Å². The van der Waals surface area contributed by atoms with Gasteiger partial charge in [0.25, 0.3) is 5.91 Å². The van der Waals surface area contributed by atoms with E-state index in [1.807, 2.05) is 4.68 Å². The van der Waals surface area contributed by atoms with Crippen molar-refractivity contribution >= 4 is 11.5 Å². The maximum Gasteiger partial charge on any atom is 0.269 e. The molecule has 0 aliphatic heterocycles. The van der Waals surface area contributed by atoms with Gasteiger partial charge in [0, 0.05) is 0 Å². The van der Waals surface area contributed by atoms with Gasteiger partial charge in [-0.1, -0.05) is 18.2 Å². The molecule has 1 heterocycles. The van der Waals surface area contributed by atoms with Gasteiger partial charge >= 0.3 is 0 Å². The molecule has 0 saturated heterocycles. The predicted molar refractivity (Wildman–Crippen MR) is 72.1 cm³/mol. The Labute approximate surface area is 107 Å². The first-order valence-corrected chi connectivity index (χ1v) is 6.17. The second-order valence-electron chi connectivity index (χ2n) is 5.50. The van der Waals surface area contributed by atoms with Gasteiger partial charge in [0.15, 0.2) is 5.69 Å². The molecular weight excluding hydrogens is 226 g/mol. The fourth-order valence-electron chi connectivity index (χ4n) is 2.02. The third-order valence-electron chi connectivity index (χ3n) is 2.89. The summed E-state index contributed by atoms with van der Waals surface area (Å²) in [7, 11) is 0. The van der Waals surface area contributed by atoms with Crippen molar-refractivity contribution < 1.29 is 4.79 Å². The molecule has 96 valence electrons. The van der Waals surface area contributed by atoms with E-state index in [0.29, 0.717) is 5.69 Å². The molecule has 1 aliphatic carbocycles. The molecule has 0 spiro atoms. The fraction of sp³-hybridized carbons (Fsp3) is 0.429. The molecule has 0 atom stereocenters. The summed E-state index contributed by atoms with van der Waals surface area (Å²) in [5, 5.41) is 4.32. The average molecular weight is 245 g/mol. The molecule has 0 aromatic carbocycles. The predicted octanol–water partition coefficient (Wildman–Crippen LogP) is 2.47. The summed E-state index contributed by atoms with van der Waals surface area (Å²) in [6.07, 6.45) is 8.47. The Morgan fingerprint density at radius 1 is 1.39 bits per heavy atom. The zero-order chi connectivity index (χ0) is 13.3. The first-order chi connectivity index (χ1) is 8.39. The van der Waals surface area contributed by atoms with Crippen molar-refractivity contribution in [2.45, 2.75) is 39.2 Å². The smallest absolute Gasteiger partial charge is 0.269 e. The summed E-state index contributed by atoms with van der Waals surface area (Å²) < 4.78 is 1.87. The fourth-order valence-corrected chi connectivity index (χ4v) is 2.02. The van der Waals surface area contributed by atoms with Crippen LogP contribution in [0.5, 0.6) is 0 Å². The highest BCUT2D eigenvalue weighted by molar-refractivity contribution is 5.92. The number of carbonyl (C=O) groups excluding carboxylic acids is 1. The van der Waals surface area contributed by atoms with E-state index in [1.165, 1.54) is 0 Å². The minimum atomic E-state index is -0.486. The van der Waals surface area contributed by atoms with E-state index in [4.69, 9.17) is 5.73 Å². The number of carbonyl (C=O) groups is 1. The second kappa shape index (κ2) is 4.44. The van der Waals surface area contributed by atoms with E-state index in [-0.39, 0.29) is 5.54 Å². The Kier molecular flexibility index (Phi) is 3.11. The molecule has 1 aliphatic rings. The molecule has 18 heavy (non-hydrogen) atoms. The van der Waals surface area contributed by atoms with Crippen LogP contribution in [0.15, 0.2) is 24.3 Å². The van der Waals surface area contributed by atoms with Gasteiger partial charge < -0.3 is 5.73 Å². The monoisotopic (exact) mass is 245 g/mol. The first-order valence-electron chi connectivity index (χ1n) is 6.17. The van der Waals surface area contributed by atoms with Gasteiger partial charge in [0.2, 0.25) is 0 Å². The van der Waals surface area contributed by atoms with Gasteiger partial charge in [0.05, 0.1) is 11.2 Å². The van der Waals surface area contributed by atoms with Crippen LogP contribution in [0.2, 0.25) is 0 Å². The number of nitrogens with two attached hydrogens (primary N) is 1. The minimum absolute atomic E-state index is 0.185. The van der Waals surface area contributed by atoms with Crippen LogP contribution < -0.4 is 5.73 Å². The van der Waals surface area contributed by atoms with Crippen LogP contribution in [0.25, 0.3) is 5.57 Å². The van der Waals surface area contributed by atoms with Gasteiger partial charge in [-0.2, -0.15) is 5.10 Å². The number of hydrogen-bond donors (Lipinski definition) is 1. The van der Waals surface area contributed by atoms with Crippen LogP contribution in [0.1, 0.15) is 49.8 Å². The van der Waals surface area contributed by atoms with Crippen LogP contribution in [0.4, 0.5) is 0 Å². The topological polar surface area (TPSA) is 60.9 Å². The standard InChI is InChI=1S/C14H19N3O/c1-14(2,3)17-12(9-11(16-17)13(15)18)10-7-5-4-6-8-10/h5,7-9H,4,6H2,1-3H3,(H2,15,18). The second-order valence-corrected chi connectivity index (χ2v) is 5.50. The third-order valence-corrected chi connectivity index (χ3v) is 2.89. The summed E-state index contributed by atoms with van der Waals surface area (Å²) >= 11 is 0.